The molecule has 2 heterocycles. The molecule has 11 heteroatoms. The van der Waals surface area contributed by atoms with Crippen molar-refractivity contribution in [2.45, 2.75) is 0 Å². The molecule has 1 saturated heterocycles. The molecule has 0 atom stereocenters. The highest BCUT2D eigenvalue weighted by Crippen LogP contribution is 2.32. The fourth-order valence-electron chi connectivity index (χ4n) is 2.07. The summed E-state index contributed by atoms with van der Waals surface area (Å²) in [4.78, 5) is 51.3. The maximum Gasteiger partial charge on any atom is 0.294 e. The average molecular weight is 390 g/mol. The van der Waals surface area contributed by atoms with Crippen LogP contribution in [0.2, 0.25) is 0 Å². The second-order valence-corrected chi connectivity index (χ2v) is 6.89. The van der Waals surface area contributed by atoms with E-state index >= 15 is 0 Å². The van der Waals surface area contributed by atoms with Crippen LogP contribution in [0, 0.1) is 10.1 Å². The van der Waals surface area contributed by atoms with E-state index in [-0.39, 0.29) is 10.6 Å². The largest absolute Gasteiger partial charge is 0.300 e. The first kappa shape index (κ1) is 17.8. The van der Waals surface area contributed by atoms with Crippen LogP contribution < -0.4 is 5.32 Å². The van der Waals surface area contributed by atoms with Crippen LogP contribution >= 0.6 is 23.1 Å². The molecular weight excluding hydrogens is 380 g/mol. The van der Waals surface area contributed by atoms with Crippen molar-refractivity contribution in [2.75, 3.05) is 11.9 Å². The van der Waals surface area contributed by atoms with E-state index in [1.807, 2.05) is 0 Å². The highest BCUT2D eigenvalue weighted by atomic mass is 32.2. The minimum atomic E-state index is -0.590. The van der Waals surface area contributed by atoms with Crippen LogP contribution in [-0.4, -0.2) is 38.4 Å². The molecule has 0 radical (unpaired) electrons. The fourth-order valence-corrected chi connectivity index (χ4v) is 3.45. The number of benzene rings is 1. The minimum Gasteiger partial charge on any atom is -0.300 e. The van der Waals surface area contributed by atoms with Crippen molar-refractivity contribution in [3.8, 4) is 0 Å². The summed E-state index contributed by atoms with van der Waals surface area (Å²) in [7, 11) is 0. The van der Waals surface area contributed by atoms with Crippen molar-refractivity contribution in [3.05, 3.63) is 56.4 Å². The molecule has 1 N–H and O–H groups in total. The first-order valence-corrected chi connectivity index (χ1v) is 8.83. The Kier molecular flexibility index (Phi) is 5.09. The Balaban J connectivity index is 1.69. The summed E-state index contributed by atoms with van der Waals surface area (Å²) in [5, 5.41) is 14.7. The first-order chi connectivity index (χ1) is 12.4. The Morgan fingerprint density at radius 1 is 1.31 bits per heavy atom. The van der Waals surface area contributed by atoms with Gasteiger partial charge in [0.25, 0.3) is 16.8 Å². The van der Waals surface area contributed by atoms with E-state index in [9.17, 15) is 24.5 Å². The van der Waals surface area contributed by atoms with E-state index < -0.39 is 28.5 Å². The third-order valence-electron chi connectivity index (χ3n) is 3.26. The van der Waals surface area contributed by atoms with Gasteiger partial charge in [0, 0.05) is 23.7 Å². The molecule has 9 nitrogen and oxygen atoms in total. The van der Waals surface area contributed by atoms with Crippen molar-refractivity contribution in [2.24, 2.45) is 0 Å². The maximum atomic E-state index is 12.3. The van der Waals surface area contributed by atoms with Gasteiger partial charge in [0.2, 0.25) is 5.91 Å². The first-order valence-electron chi connectivity index (χ1n) is 7.13. The molecule has 3 amide bonds. The van der Waals surface area contributed by atoms with E-state index in [2.05, 4.69) is 10.3 Å². The molecule has 1 aromatic carbocycles. The zero-order valence-corrected chi connectivity index (χ0v) is 14.6. The van der Waals surface area contributed by atoms with Gasteiger partial charge in [-0.25, -0.2) is 4.98 Å². The zero-order valence-electron chi connectivity index (χ0n) is 12.9. The third kappa shape index (κ3) is 3.95. The van der Waals surface area contributed by atoms with E-state index in [4.69, 9.17) is 0 Å². The van der Waals surface area contributed by atoms with Crippen LogP contribution in [0.3, 0.4) is 0 Å². The van der Waals surface area contributed by atoms with Crippen LogP contribution in [0.4, 0.5) is 15.6 Å². The number of hydrogen-bond donors (Lipinski definition) is 1. The number of amides is 3. The number of nitrogens with one attached hydrogen (secondary N) is 1. The number of nitrogens with zero attached hydrogens (tertiary/aromatic N) is 3. The van der Waals surface area contributed by atoms with Crippen molar-refractivity contribution in [1.82, 2.24) is 9.88 Å². The summed E-state index contributed by atoms with van der Waals surface area (Å²) in [6, 6.07) is 5.55. The standard InChI is InChI=1S/C15H10N4O5S2/c20-12(17-14-16-5-6-25-14)8-18-13(21)11(26-15(18)22)7-9-1-3-10(4-2-9)19(23)24/h1-7H,8H2,(H,16,17,20)/b11-7-. The van der Waals surface area contributed by atoms with Gasteiger partial charge in [-0.2, -0.15) is 0 Å². The van der Waals surface area contributed by atoms with Gasteiger partial charge in [0.05, 0.1) is 9.83 Å². The molecule has 26 heavy (non-hydrogen) atoms. The molecule has 0 saturated carbocycles. The number of carbonyl (C=O) groups is 3. The number of hydrogen-bond acceptors (Lipinski definition) is 8. The fraction of sp³-hybridized carbons (Fsp3) is 0.0667. The summed E-state index contributed by atoms with van der Waals surface area (Å²) in [6.07, 6.45) is 2.97. The summed E-state index contributed by atoms with van der Waals surface area (Å²) in [6.45, 7) is -0.415. The quantitative estimate of drug-likeness (QED) is 0.473. The second kappa shape index (κ2) is 7.45. The van der Waals surface area contributed by atoms with Gasteiger partial charge in [-0.3, -0.25) is 29.4 Å². The van der Waals surface area contributed by atoms with E-state index in [0.717, 1.165) is 4.90 Å². The molecule has 1 aliphatic heterocycles. The normalized spacial score (nSPS) is 15.5. The molecule has 0 bridgehead atoms. The lowest BCUT2D eigenvalue weighted by Gasteiger charge is -2.11. The number of rotatable bonds is 5. The van der Waals surface area contributed by atoms with Crippen molar-refractivity contribution < 1.29 is 19.3 Å². The predicted molar refractivity (Wildman–Crippen MR) is 96.5 cm³/mol. The number of thiazole rings is 1. The molecule has 0 unspecified atom stereocenters. The number of nitro benzene ring substituents is 1. The highest BCUT2D eigenvalue weighted by molar-refractivity contribution is 8.18. The Hall–Kier alpha value is -3.05. The number of non-ortho nitro benzene ring substituents is 1. The molecular formula is C15H10N4O5S2. The number of anilines is 1. The number of carbonyl (C=O) groups excluding carboxylic acids is 3. The van der Waals surface area contributed by atoms with Crippen LogP contribution in [0.25, 0.3) is 6.08 Å². The molecule has 1 aromatic heterocycles. The van der Waals surface area contributed by atoms with Crippen molar-refractivity contribution in [1.29, 1.82) is 0 Å². The monoisotopic (exact) mass is 390 g/mol. The van der Waals surface area contributed by atoms with Crippen LogP contribution in [0.1, 0.15) is 5.56 Å². The van der Waals surface area contributed by atoms with E-state index in [1.165, 1.54) is 47.9 Å². The summed E-state index contributed by atoms with van der Waals surface area (Å²) in [5.41, 5.74) is 0.461. The number of nitro groups is 1. The Morgan fingerprint density at radius 3 is 2.65 bits per heavy atom. The second-order valence-electron chi connectivity index (χ2n) is 5.00. The lowest BCUT2D eigenvalue weighted by atomic mass is 10.2. The van der Waals surface area contributed by atoms with Crippen LogP contribution in [0.15, 0.2) is 40.7 Å². The highest BCUT2D eigenvalue weighted by Gasteiger charge is 2.36. The molecule has 0 spiro atoms. The minimum absolute atomic E-state index is 0.0749. The van der Waals surface area contributed by atoms with E-state index in [1.54, 1.807) is 5.38 Å². The van der Waals surface area contributed by atoms with Gasteiger partial charge >= 0.3 is 0 Å². The zero-order chi connectivity index (χ0) is 18.7. The lowest BCUT2D eigenvalue weighted by molar-refractivity contribution is -0.384. The van der Waals surface area contributed by atoms with E-state index in [0.29, 0.717) is 22.5 Å². The molecule has 0 aliphatic carbocycles. The molecule has 1 aliphatic rings. The van der Waals surface area contributed by atoms with Gasteiger partial charge in [-0.1, -0.05) is 0 Å². The maximum absolute atomic E-state index is 12.3. The molecule has 132 valence electrons. The number of aromatic nitrogens is 1. The summed E-state index contributed by atoms with van der Waals surface area (Å²) in [5.74, 6) is -1.12. The SMILES string of the molecule is O=C(CN1C(=O)S/C(=C\c2ccc([N+](=O)[O-])cc2)C1=O)Nc1nccs1. The molecule has 2 aromatic rings. The third-order valence-corrected chi connectivity index (χ3v) is 4.85. The number of thioether (sulfide) groups is 1. The van der Waals surface area contributed by atoms with Gasteiger partial charge in [0.1, 0.15) is 6.54 Å². The van der Waals surface area contributed by atoms with Crippen LogP contribution in [0.5, 0.6) is 0 Å². The Labute approximate surface area is 154 Å². The smallest absolute Gasteiger partial charge is 0.294 e. The Bertz CT molecular complexity index is 909. The molecule has 1 fully saturated rings. The predicted octanol–water partition coefficient (Wildman–Crippen LogP) is 2.73. The van der Waals surface area contributed by atoms with Gasteiger partial charge in [-0.05, 0) is 35.5 Å². The van der Waals surface area contributed by atoms with Crippen LogP contribution in [-0.2, 0) is 9.59 Å². The topological polar surface area (TPSA) is 123 Å². The van der Waals surface area contributed by atoms with Crippen molar-refractivity contribution in [3.63, 3.8) is 0 Å². The van der Waals surface area contributed by atoms with Gasteiger partial charge < -0.3 is 5.32 Å². The van der Waals surface area contributed by atoms with Gasteiger partial charge in [-0.15, -0.1) is 11.3 Å². The summed E-state index contributed by atoms with van der Waals surface area (Å²) < 4.78 is 0. The lowest BCUT2D eigenvalue weighted by Crippen LogP contribution is -2.36. The van der Waals surface area contributed by atoms with Gasteiger partial charge in [0.15, 0.2) is 5.13 Å². The summed E-state index contributed by atoms with van der Waals surface area (Å²) >= 11 is 1.93. The number of imide groups is 1. The average Bonchev–Trinajstić information content (AvgIpc) is 3.19. The Morgan fingerprint density at radius 2 is 2.04 bits per heavy atom. The van der Waals surface area contributed by atoms with Crippen molar-refractivity contribution >= 4 is 57.0 Å². The molecule has 3 rings (SSSR count).